The van der Waals surface area contributed by atoms with Crippen LogP contribution in [0.5, 0.6) is 0 Å². The number of carbonyl (C=O) groups excluding carboxylic acids is 1. The Morgan fingerprint density at radius 3 is 2.59 bits per heavy atom. The van der Waals surface area contributed by atoms with E-state index in [2.05, 4.69) is 22.7 Å². The van der Waals surface area contributed by atoms with Crippen molar-refractivity contribution in [2.75, 3.05) is 12.4 Å². The van der Waals surface area contributed by atoms with Gasteiger partial charge in [0.05, 0.1) is 10.1 Å². The monoisotopic (exact) mass is 274 g/mol. The number of hydrogen-bond acceptors (Lipinski definition) is 4. The van der Waals surface area contributed by atoms with Crippen LogP contribution in [0.2, 0.25) is 0 Å². The normalized spacial score (nSPS) is 13.1. The number of benzene rings is 1. The van der Waals surface area contributed by atoms with Crippen molar-refractivity contribution in [2.45, 2.75) is 17.1 Å². The maximum atomic E-state index is 11.5. The van der Waals surface area contributed by atoms with Crippen molar-refractivity contribution in [1.29, 1.82) is 0 Å². The summed E-state index contributed by atoms with van der Waals surface area (Å²) in [6, 6.07) is 6.01. The van der Waals surface area contributed by atoms with Crippen molar-refractivity contribution in [2.24, 2.45) is 0 Å². The van der Waals surface area contributed by atoms with E-state index in [1.165, 1.54) is 19.2 Å². The molecule has 17 heavy (non-hydrogen) atoms. The quantitative estimate of drug-likeness (QED) is 0.713. The van der Waals surface area contributed by atoms with Gasteiger partial charge in [-0.2, -0.15) is 12.6 Å². The van der Waals surface area contributed by atoms with Gasteiger partial charge in [0.1, 0.15) is 0 Å². The lowest BCUT2D eigenvalue weighted by Crippen LogP contribution is -2.21. The molecule has 1 aromatic carbocycles. The van der Waals surface area contributed by atoms with Gasteiger partial charge in [-0.25, -0.2) is 13.1 Å². The highest BCUT2D eigenvalue weighted by Gasteiger charge is 2.13. The summed E-state index contributed by atoms with van der Waals surface area (Å²) < 4.78 is 25.3. The fourth-order valence-electron chi connectivity index (χ4n) is 1.11. The van der Waals surface area contributed by atoms with Gasteiger partial charge in [0.15, 0.2) is 0 Å². The molecule has 1 unspecified atom stereocenters. The minimum absolute atomic E-state index is 0.101. The Kier molecular flexibility index (Phi) is 4.55. The van der Waals surface area contributed by atoms with Crippen molar-refractivity contribution in [3.05, 3.63) is 24.3 Å². The van der Waals surface area contributed by atoms with Gasteiger partial charge in [-0.05, 0) is 32.2 Å². The summed E-state index contributed by atoms with van der Waals surface area (Å²) >= 11 is 3.98. The highest BCUT2D eigenvalue weighted by molar-refractivity contribution is 7.89. The topological polar surface area (TPSA) is 75.3 Å². The van der Waals surface area contributed by atoms with Crippen LogP contribution in [0.15, 0.2) is 29.2 Å². The second-order valence-electron chi connectivity index (χ2n) is 3.40. The van der Waals surface area contributed by atoms with E-state index < -0.39 is 15.3 Å². The van der Waals surface area contributed by atoms with E-state index in [1.807, 2.05) is 0 Å². The van der Waals surface area contributed by atoms with Crippen LogP contribution in [0.4, 0.5) is 5.69 Å². The molecule has 7 heteroatoms. The zero-order valence-electron chi connectivity index (χ0n) is 9.47. The molecule has 0 bridgehead atoms. The Labute approximate surface area is 106 Å². The standard InChI is InChI=1S/C10H14N2O3S2/c1-7(16)10(13)12-8-4-3-5-9(6-8)17(14,15)11-2/h3-7,11,16H,1-2H3,(H,12,13). The molecule has 0 radical (unpaired) electrons. The average molecular weight is 274 g/mol. The number of thiol groups is 1. The van der Waals surface area contributed by atoms with Gasteiger partial charge in [0.2, 0.25) is 15.9 Å². The van der Waals surface area contributed by atoms with E-state index in [0.717, 1.165) is 0 Å². The number of hydrogen-bond donors (Lipinski definition) is 3. The smallest absolute Gasteiger partial charge is 0.240 e. The van der Waals surface area contributed by atoms with Gasteiger partial charge in [-0.15, -0.1) is 0 Å². The molecule has 1 atom stereocenters. The summed E-state index contributed by atoms with van der Waals surface area (Å²) in [6.45, 7) is 1.63. The van der Waals surface area contributed by atoms with Crippen LogP contribution >= 0.6 is 12.6 Å². The van der Waals surface area contributed by atoms with E-state index in [4.69, 9.17) is 0 Å². The highest BCUT2D eigenvalue weighted by Crippen LogP contribution is 2.15. The SMILES string of the molecule is CNS(=O)(=O)c1cccc(NC(=O)C(C)S)c1. The number of amides is 1. The third-order valence-electron chi connectivity index (χ3n) is 2.06. The maximum Gasteiger partial charge on any atom is 0.240 e. The van der Waals surface area contributed by atoms with E-state index in [9.17, 15) is 13.2 Å². The van der Waals surface area contributed by atoms with E-state index in [1.54, 1.807) is 19.1 Å². The first kappa shape index (κ1) is 14.0. The van der Waals surface area contributed by atoms with Gasteiger partial charge >= 0.3 is 0 Å². The molecule has 1 rings (SSSR count). The van der Waals surface area contributed by atoms with Crippen LogP contribution in [0, 0.1) is 0 Å². The number of nitrogens with one attached hydrogen (secondary N) is 2. The second-order valence-corrected chi connectivity index (χ2v) is 6.06. The molecule has 0 saturated carbocycles. The van der Waals surface area contributed by atoms with Crippen molar-refractivity contribution in [3.8, 4) is 0 Å². The minimum atomic E-state index is -3.50. The molecule has 94 valence electrons. The molecule has 0 aliphatic rings. The van der Waals surface area contributed by atoms with Crippen LogP contribution in [-0.2, 0) is 14.8 Å². The number of carbonyl (C=O) groups is 1. The van der Waals surface area contributed by atoms with Gasteiger partial charge in [0, 0.05) is 5.69 Å². The van der Waals surface area contributed by atoms with Gasteiger partial charge in [-0.1, -0.05) is 6.07 Å². The minimum Gasteiger partial charge on any atom is -0.325 e. The number of sulfonamides is 1. The van der Waals surface area contributed by atoms with Crippen LogP contribution in [-0.4, -0.2) is 26.6 Å². The van der Waals surface area contributed by atoms with Crippen LogP contribution in [0.1, 0.15) is 6.92 Å². The zero-order chi connectivity index (χ0) is 13.1. The Bertz CT molecular complexity index is 512. The molecule has 0 fully saturated rings. The molecular formula is C10H14N2O3S2. The predicted molar refractivity (Wildman–Crippen MR) is 69.8 cm³/mol. The van der Waals surface area contributed by atoms with Crippen LogP contribution in [0.3, 0.4) is 0 Å². The first-order chi connectivity index (χ1) is 7.86. The van der Waals surface area contributed by atoms with Gasteiger partial charge < -0.3 is 5.32 Å². The molecule has 5 nitrogen and oxygen atoms in total. The molecule has 2 N–H and O–H groups in total. The Hall–Kier alpha value is -1.05. The van der Waals surface area contributed by atoms with Gasteiger partial charge in [0.25, 0.3) is 0 Å². The third kappa shape index (κ3) is 3.72. The van der Waals surface area contributed by atoms with E-state index >= 15 is 0 Å². The van der Waals surface area contributed by atoms with Gasteiger partial charge in [-0.3, -0.25) is 4.79 Å². The molecule has 1 aromatic rings. The molecular weight excluding hydrogens is 260 g/mol. The fourth-order valence-corrected chi connectivity index (χ4v) is 1.95. The summed E-state index contributed by atoms with van der Waals surface area (Å²) in [4.78, 5) is 11.5. The summed E-state index contributed by atoms with van der Waals surface area (Å²) in [6.07, 6.45) is 0. The average Bonchev–Trinajstić information content (AvgIpc) is 2.29. The first-order valence-electron chi connectivity index (χ1n) is 4.89. The molecule has 0 aliphatic heterocycles. The lowest BCUT2D eigenvalue weighted by Gasteiger charge is -2.09. The molecule has 0 saturated heterocycles. The summed E-state index contributed by atoms with van der Waals surface area (Å²) in [5, 5.41) is 2.11. The first-order valence-corrected chi connectivity index (χ1v) is 6.89. The predicted octanol–water partition coefficient (Wildman–Crippen LogP) is 0.851. The lowest BCUT2D eigenvalue weighted by atomic mass is 10.3. The van der Waals surface area contributed by atoms with Crippen molar-refractivity contribution >= 4 is 34.2 Å². The fraction of sp³-hybridized carbons (Fsp3) is 0.300. The second kappa shape index (κ2) is 5.52. The van der Waals surface area contributed by atoms with Crippen molar-refractivity contribution in [1.82, 2.24) is 4.72 Å². The molecule has 1 amide bonds. The van der Waals surface area contributed by atoms with E-state index in [-0.39, 0.29) is 10.8 Å². The molecule has 0 aromatic heterocycles. The number of rotatable bonds is 4. The molecule has 0 spiro atoms. The van der Waals surface area contributed by atoms with E-state index in [0.29, 0.717) is 5.69 Å². The van der Waals surface area contributed by atoms with Crippen LogP contribution in [0.25, 0.3) is 0 Å². The largest absolute Gasteiger partial charge is 0.325 e. The molecule has 0 aliphatic carbocycles. The van der Waals surface area contributed by atoms with Crippen molar-refractivity contribution in [3.63, 3.8) is 0 Å². The Morgan fingerprint density at radius 2 is 2.06 bits per heavy atom. The number of anilines is 1. The Balaban J connectivity index is 2.99. The highest BCUT2D eigenvalue weighted by atomic mass is 32.2. The summed E-state index contributed by atoms with van der Waals surface area (Å²) in [5.74, 6) is -0.285. The van der Waals surface area contributed by atoms with Crippen molar-refractivity contribution < 1.29 is 13.2 Å². The molecule has 0 heterocycles. The summed E-state index contributed by atoms with van der Waals surface area (Å²) in [7, 11) is -2.17. The Morgan fingerprint density at radius 1 is 1.41 bits per heavy atom. The lowest BCUT2D eigenvalue weighted by molar-refractivity contribution is -0.115. The zero-order valence-corrected chi connectivity index (χ0v) is 11.2. The maximum absolute atomic E-state index is 11.5. The summed E-state index contributed by atoms with van der Waals surface area (Å²) in [5.41, 5.74) is 0.423. The van der Waals surface area contributed by atoms with Crippen LogP contribution < -0.4 is 10.0 Å². The third-order valence-corrected chi connectivity index (χ3v) is 3.71.